The van der Waals surface area contributed by atoms with Crippen LogP contribution >= 0.6 is 22.9 Å². The highest BCUT2D eigenvalue weighted by Crippen LogP contribution is 2.40. The third-order valence-electron chi connectivity index (χ3n) is 8.13. The van der Waals surface area contributed by atoms with Gasteiger partial charge >= 0.3 is 5.69 Å². The average Bonchev–Trinajstić information content (AvgIpc) is 3.56. The Morgan fingerprint density at radius 2 is 1.93 bits per heavy atom. The molecule has 0 saturated carbocycles. The molecule has 0 aliphatic carbocycles. The van der Waals surface area contributed by atoms with Crippen LogP contribution in [-0.4, -0.2) is 42.5 Å². The van der Waals surface area contributed by atoms with E-state index in [4.69, 9.17) is 11.6 Å². The fourth-order valence-corrected chi connectivity index (χ4v) is 7.45. The maximum Gasteiger partial charge on any atom is 0.331 e. The van der Waals surface area contributed by atoms with Crippen molar-refractivity contribution in [2.75, 3.05) is 13.1 Å². The number of aliphatic hydroxyl groups is 1. The summed E-state index contributed by atoms with van der Waals surface area (Å²) in [4.78, 5) is 31.8. The number of halogens is 1. The molecule has 0 amide bonds. The van der Waals surface area contributed by atoms with Crippen molar-refractivity contribution >= 4 is 44.1 Å². The minimum absolute atomic E-state index is 0.0685. The Bertz CT molecular complexity index is 2020. The first-order valence-corrected chi connectivity index (χ1v) is 15.5. The van der Waals surface area contributed by atoms with E-state index in [-0.39, 0.29) is 18.6 Å². The fraction of sp³-hybridized carbons (Fsp3) is 0.375. The molecular formula is C32H33ClN6O3S. The van der Waals surface area contributed by atoms with Crippen molar-refractivity contribution in [2.45, 2.75) is 58.8 Å². The third-order valence-corrected chi connectivity index (χ3v) is 9.49. The molecule has 0 atom stereocenters. The largest absolute Gasteiger partial charge is 0.389 e. The van der Waals surface area contributed by atoms with Gasteiger partial charge in [-0.05, 0) is 77.0 Å². The second-order valence-electron chi connectivity index (χ2n) is 12.2. The van der Waals surface area contributed by atoms with E-state index in [1.165, 1.54) is 26.7 Å². The summed E-state index contributed by atoms with van der Waals surface area (Å²) in [5, 5.41) is 25.4. The molecule has 11 heteroatoms. The molecule has 43 heavy (non-hydrogen) atoms. The number of benzene rings is 1. The first-order valence-electron chi connectivity index (χ1n) is 14.3. The van der Waals surface area contributed by atoms with Gasteiger partial charge in [0.2, 0.25) is 0 Å². The molecule has 4 aromatic heterocycles. The number of hydrogen-bond acceptors (Lipinski definition) is 7. The van der Waals surface area contributed by atoms with Crippen LogP contribution in [0.2, 0.25) is 5.02 Å². The molecule has 222 valence electrons. The Balaban J connectivity index is 1.45. The summed E-state index contributed by atoms with van der Waals surface area (Å²) < 4.78 is 5.70. The first kappa shape index (κ1) is 29.3. The monoisotopic (exact) mass is 616 g/mol. The third kappa shape index (κ3) is 5.66. The molecule has 9 nitrogen and oxygen atoms in total. The molecule has 5 heterocycles. The van der Waals surface area contributed by atoms with Crippen LogP contribution in [0.25, 0.3) is 32.2 Å². The zero-order valence-corrected chi connectivity index (χ0v) is 25.9. The summed E-state index contributed by atoms with van der Waals surface area (Å²) in [5.74, 6) is 0. The average molecular weight is 617 g/mol. The number of rotatable bonds is 7. The summed E-state index contributed by atoms with van der Waals surface area (Å²) in [7, 11) is 0. The number of aromatic nitrogens is 4. The molecule has 5 aromatic rings. The molecule has 0 spiro atoms. The normalized spacial score (nSPS) is 15.3. The lowest BCUT2D eigenvalue weighted by Crippen LogP contribution is -2.43. The van der Waals surface area contributed by atoms with Crippen molar-refractivity contribution in [2.24, 2.45) is 5.41 Å². The molecule has 1 saturated heterocycles. The van der Waals surface area contributed by atoms with Gasteiger partial charge in [0.1, 0.15) is 0 Å². The number of pyridine rings is 1. The SMILES string of the molecule is Cc1cn(CC(C)(C)O)c(=O)n(Cc2cc3nccc(-c4cc(Cl)cc5ccn(CC6(C#N)CCNCC6)c45)c3s2)c1=O. The van der Waals surface area contributed by atoms with Gasteiger partial charge in [0.05, 0.1) is 45.9 Å². The van der Waals surface area contributed by atoms with E-state index in [1.807, 2.05) is 36.5 Å². The van der Waals surface area contributed by atoms with Crippen LogP contribution in [0, 0.1) is 23.7 Å². The Morgan fingerprint density at radius 1 is 1.16 bits per heavy atom. The highest BCUT2D eigenvalue weighted by Gasteiger charge is 2.33. The number of nitrogens with zero attached hydrogens (tertiary/aromatic N) is 5. The lowest BCUT2D eigenvalue weighted by molar-refractivity contribution is 0.0594. The number of hydrogen-bond donors (Lipinski definition) is 2. The molecular weight excluding hydrogens is 584 g/mol. The van der Waals surface area contributed by atoms with Crippen molar-refractivity contribution < 1.29 is 5.11 Å². The predicted molar refractivity (Wildman–Crippen MR) is 171 cm³/mol. The van der Waals surface area contributed by atoms with Crippen LogP contribution in [0.5, 0.6) is 0 Å². The topological polar surface area (TPSA) is 118 Å². The van der Waals surface area contributed by atoms with Crippen molar-refractivity contribution in [1.29, 1.82) is 5.26 Å². The van der Waals surface area contributed by atoms with Gasteiger partial charge in [-0.3, -0.25) is 18.9 Å². The predicted octanol–water partition coefficient (Wildman–Crippen LogP) is 4.92. The van der Waals surface area contributed by atoms with Gasteiger partial charge in [-0.25, -0.2) is 4.79 Å². The smallest absolute Gasteiger partial charge is 0.331 e. The van der Waals surface area contributed by atoms with Gasteiger partial charge < -0.3 is 15.0 Å². The zero-order valence-electron chi connectivity index (χ0n) is 24.4. The standard InChI is InChI=1S/C32H33ClN6O3S/c1-20-15-38(18-31(2,3)42)30(41)39(29(20)40)16-23-14-26-28(43-23)24(4-8-36-26)25-13-22(33)12-21-5-11-37(27(21)25)19-32(17-34)6-9-35-10-7-32/h4-5,8,11-15,35,42H,6-7,9-10,16,18-19H2,1-3H3. The quantitative estimate of drug-likeness (QED) is 0.268. The molecule has 1 aliphatic heterocycles. The zero-order chi connectivity index (χ0) is 30.5. The van der Waals surface area contributed by atoms with Crippen LogP contribution in [0.4, 0.5) is 0 Å². The van der Waals surface area contributed by atoms with Gasteiger partial charge in [0.15, 0.2) is 0 Å². The van der Waals surface area contributed by atoms with E-state index in [0.717, 1.165) is 63.1 Å². The molecule has 2 N–H and O–H groups in total. The second-order valence-corrected chi connectivity index (χ2v) is 13.8. The van der Waals surface area contributed by atoms with Crippen LogP contribution < -0.4 is 16.6 Å². The van der Waals surface area contributed by atoms with E-state index in [9.17, 15) is 20.0 Å². The van der Waals surface area contributed by atoms with Gasteiger partial charge in [-0.15, -0.1) is 11.3 Å². The van der Waals surface area contributed by atoms with E-state index >= 15 is 0 Å². The summed E-state index contributed by atoms with van der Waals surface area (Å²) >= 11 is 8.11. The molecule has 0 unspecified atom stereocenters. The number of thiophene rings is 1. The van der Waals surface area contributed by atoms with Gasteiger partial charge in [-0.2, -0.15) is 5.26 Å². The summed E-state index contributed by atoms with van der Waals surface area (Å²) in [6.07, 6.45) is 6.87. The van der Waals surface area contributed by atoms with Crippen molar-refractivity contribution in [1.82, 2.24) is 24.0 Å². The maximum absolute atomic E-state index is 13.3. The number of nitrogens with one attached hydrogen (secondary N) is 1. The Hall–Kier alpha value is -3.75. The minimum Gasteiger partial charge on any atom is -0.389 e. The van der Waals surface area contributed by atoms with Crippen LogP contribution in [0.1, 0.15) is 37.1 Å². The molecule has 1 aliphatic rings. The highest BCUT2D eigenvalue weighted by atomic mass is 35.5. The lowest BCUT2D eigenvalue weighted by Gasteiger charge is -2.32. The van der Waals surface area contributed by atoms with Gasteiger partial charge in [-0.1, -0.05) is 11.6 Å². The maximum atomic E-state index is 13.3. The Morgan fingerprint density at radius 3 is 2.65 bits per heavy atom. The van der Waals surface area contributed by atoms with Gasteiger partial charge in [0.25, 0.3) is 5.56 Å². The number of fused-ring (bicyclic) bond motifs is 2. The minimum atomic E-state index is -1.12. The van der Waals surface area contributed by atoms with E-state index < -0.39 is 16.7 Å². The van der Waals surface area contributed by atoms with E-state index in [1.54, 1.807) is 27.0 Å². The van der Waals surface area contributed by atoms with E-state index in [2.05, 4.69) is 20.9 Å². The number of aryl methyl sites for hydroxylation is 1. The fourth-order valence-electron chi connectivity index (χ4n) is 6.09. The number of piperidine rings is 1. The summed E-state index contributed by atoms with van der Waals surface area (Å²) in [6.45, 7) is 7.30. The van der Waals surface area contributed by atoms with Crippen LogP contribution in [0.3, 0.4) is 0 Å². The lowest BCUT2D eigenvalue weighted by atomic mass is 9.80. The Labute approximate surface area is 257 Å². The molecule has 1 fully saturated rings. The highest BCUT2D eigenvalue weighted by molar-refractivity contribution is 7.19. The van der Waals surface area contributed by atoms with Crippen LogP contribution in [0.15, 0.2) is 58.5 Å². The molecule has 0 bridgehead atoms. The Kier molecular flexibility index (Phi) is 7.55. The van der Waals surface area contributed by atoms with Crippen molar-refractivity contribution in [3.8, 4) is 17.2 Å². The summed E-state index contributed by atoms with van der Waals surface area (Å²) in [5.41, 5.74) is 1.68. The summed E-state index contributed by atoms with van der Waals surface area (Å²) in [6, 6.07) is 12.4. The van der Waals surface area contributed by atoms with Gasteiger partial charge in [0, 0.05) is 57.1 Å². The molecule has 1 aromatic carbocycles. The van der Waals surface area contributed by atoms with Crippen molar-refractivity contribution in [3.05, 3.63) is 85.2 Å². The molecule has 6 rings (SSSR count). The van der Waals surface area contributed by atoms with Crippen LogP contribution in [-0.2, 0) is 19.6 Å². The number of nitriles is 1. The molecule has 0 radical (unpaired) electrons. The van der Waals surface area contributed by atoms with E-state index in [0.29, 0.717) is 17.1 Å². The first-order chi connectivity index (χ1) is 20.5. The van der Waals surface area contributed by atoms with Crippen molar-refractivity contribution in [3.63, 3.8) is 0 Å². The second kappa shape index (κ2) is 11.1.